The molecule has 0 atom stereocenters. The maximum absolute atomic E-state index is 4.09. The molecular weight excluding hydrogens is 242 g/mol. The van der Waals surface area contributed by atoms with Crippen LogP contribution in [-0.4, -0.2) is 20.3 Å². The fraction of sp³-hybridized carbons (Fsp3) is 0.800. The molecular formula is C10H18BrN3. The van der Waals surface area contributed by atoms with Gasteiger partial charge in [-0.05, 0) is 6.42 Å². The summed E-state index contributed by atoms with van der Waals surface area (Å²) >= 11 is 3.39. The fourth-order valence-electron chi connectivity index (χ4n) is 1.36. The molecule has 0 aliphatic carbocycles. The van der Waals surface area contributed by atoms with E-state index < -0.39 is 0 Å². The second kappa shape index (κ2) is 6.98. The SMILES string of the molecule is CCCCCCn1cc(CCBr)nn1. The summed E-state index contributed by atoms with van der Waals surface area (Å²) in [5.74, 6) is 0. The number of nitrogens with zero attached hydrogens (tertiary/aromatic N) is 3. The summed E-state index contributed by atoms with van der Waals surface area (Å²) < 4.78 is 1.95. The van der Waals surface area contributed by atoms with Crippen molar-refractivity contribution in [2.24, 2.45) is 0 Å². The molecule has 1 heterocycles. The van der Waals surface area contributed by atoms with E-state index in [0.717, 1.165) is 24.0 Å². The third-order valence-electron chi connectivity index (χ3n) is 2.18. The lowest BCUT2D eigenvalue weighted by molar-refractivity contribution is 0.527. The van der Waals surface area contributed by atoms with Crippen LogP contribution in [0.25, 0.3) is 0 Å². The second-order valence-corrected chi connectivity index (χ2v) is 4.27. The minimum atomic E-state index is 0.960. The van der Waals surface area contributed by atoms with E-state index >= 15 is 0 Å². The first kappa shape index (κ1) is 11.7. The molecule has 0 unspecified atom stereocenters. The smallest absolute Gasteiger partial charge is 0.0835 e. The van der Waals surface area contributed by atoms with Gasteiger partial charge < -0.3 is 0 Å². The number of alkyl halides is 1. The Morgan fingerprint density at radius 2 is 2.21 bits per heavy atom. The van der Waals surface area contributed by atoms with E-state index in [1.54, 1.807) is 0 Å². The first-order valence-electron chi connectivity index (χ1n) is 5.31. The van der Waals surface area contributed by atoms with E-state index in [0.29, 0.717) is 0 Å². The normalized spacial score (nSPS) is 10.7. The van der Waals surface area contributed by atoms with Crippen LogP contribution in [-0.2, 0) is 13.0 Å². The van der Waals surface area contributed by atoms with Crippen LogP contribution in [0.1, 0.15) is 38.3 Å². The van der Waals surface area contributed by atoms with Gasteiger partial charge in [0, 0.05) is 24.5 Å². The molecule has 80 valence electrons. The number of hydrogen-bond donors (Lipinski definition) is 0. The second-order valence-electron chi connectivity index (χ2n) is 3.47. The molecule has 3 nitrogen and oxygen atoms in total. The lowest BCUT2D eigenvalue weighted by atomic mass is 10.2. The predicted octanol–water partition coefficient (Wildman–Crippen LogP) is 2.80. The lowest BCUT2D eigenvalue weighted by Crippen LogP contribution is -1.98. The van der Waals surface area contributed by atoms with Gasteiger partial charge in [-0.1, -0.05) is 47.3 Å². The molecule has 0 bridgehead atoms. The maximum atomic E-state index is 4.09. The molecule has 1 aromatic heterocycles. The molecule has 0 fully saturated rings. The van der Waals surface area contributed by atoms with Crippen molar-refractivity contribution in [2.75, 3.05) is 5.33 Å². The molecule has 4 heteroatoms. The van der Waals surface area contributed by atoms with Gasteiger partial charge in [-0.15, -0.1) is 5.10 Å². The molecule has 0 saturated carbocycles. The van der Waals surface area contributed by atoms with Crippen LogP contribution >= 0.6 is 15.9 Å². The molecule has 0 spiro atoms. The third kappa shape index (κ3) is 4.22. The summed E-state index contributed by atoms with van der Waals surface area (Å²) in [5.41, 5.74) is 1.08. The Kier molecular flexibility index (Phi) is 5.83. The molecule has 0 aliphatic heterocycles. The van der Waals surface area contributed by atoms with Crippen molar-refractivity contribution in [2.45, 2.75) is 45.6 Å². The highest BCUT2D eigenvalue weighted by Crippen LogP contribution is 2.02. The highest BCUT2D eigenvalue weighted by Gasteiger charge is 1.98. The van der Waals surface area contributed by atoms with Crippen molar-refractivity contribution in [3.8, 4) is 0 Å². The summed E-state index contributed by atoms with van der Waals surface area (Å²) in [6, 6.07) is 0. The molecule has 0 N–H and O–H groups in total. The monoisotopic (exact) mass is 259 g/mol. The van der Waals surface area contributed by atoms with Gasteiger partial charge in [0.05, 0.1) is 5.69 Å². The van der Waals surface area contributed by atoms with Gasteiger partial charge in [-0.3, -0.25) is 4.68 Å². The van der Waals surface area contributed by atoms with Crippen molar-refractivity contribution in [3.63, 3.8) is 0 Å². The number of unbranched alkanes of at least 4 members (excludes halogenated alkanes) is 3. The van der Waals surface area contributed by atoms with Gasteiger partial charge in [0.15, 0.2) is 0 Å². The van der Waals surface area contributed by atoms with E-state index in [2.05, 4.69) is 33.2 Å². The molecule has 14 heavy (non-hydrogen) atoms. The van der Waals surface area contributed by atoms with Crippen LogP contribution in [0.3, 0.4) is 0 Å². The molecule has 0 aliphatic rings. The van der Waals surface area contributed by atoms with Gasteiger partial charge in [0.2, 0.25) is 0 Å². The van der Waals surface area contributed by atoms with E-state index in [4.69, 9.17) is 0 Å². The Labute approximate surface area is 94.0 Å². The Bertz CT molecular complexity index is 247. The summed E-state index contributed by atoms with van der Waals surface area (Å²) in [4.78, 5) is 0. The highest BCUT2D eigenvalue weighted by molar-refractivity contribution is 9.09. The van der Waals surface area contributed by atoms with Crippen LogP contribution < -0.4 is 0 Å². The number of rotatable bonds is 7. The minimum Gasteiger partial charge on any atom is -0.252 e. The van der Waals surface area contributed by atoms with Crippen molar-refractivity contribution >= 4 is 15.9 Å². The van der Waals surface area contributed by atoms with Crippen molar-refractivity contribution in [1.29, 1.82) is 0 Å². The summed E-state index contributed by atoms with van der Waals surface area (Å²) in [5, 5.41) is 9.13. The van der Waals surface area contributed by atoms with E-state index in [9.17, 15) is 0 Å². The Balaban J connectivity index is 2.22. The summed E-state index contributed by atoms with van der Waals surface area (Å²) in [6.07, 6.45) is 8.13. The quantitative estimate of drug-likeness (QED) is 0.557. The Morgan fingerprint density at radius 3 is 2.93 bits per heavy atom. The number of hydrogen-bond acceptors (Lipinski definition) is 2. The molecule has 0 radical (unpaired) electrons. The van der Waals surface area contributed by atoms with Gasteiger partial charge in [0.1, 0.15) is 0 Å². The largest absolute Gasteiger partial charge is 0.252 e. The zero-order valence-electron chi connectivity index (χ0n) is 8.75. The van der Waals surface area contributed by atoms with Crippen LogP contribution in [0, 0.1) is 0 Å². The standard InChI is InChI=1S/C10H18BrN3/c1-2-3-4-5-8-14-9-10(6-7-11)12-13-14/h9H,2-8H2,1H3. The zero-order chi connectivity index (χ0) is 10.2. The van der Waals surface area contributed by atoms with Crippen molar-refractivity contribution in [1.82, 2.24) is 15.0 Å². The predicted molar refractivity (Wildman–Crippen MR) is 61.7 cm³/mol. The molecule has 1 rings (SSSR count). The topological polar surface area (TPSA) is 30.7 Å². The zero-order valence-corrected chi connectivity index (χ0v) is 10.3. The summed E-state index contributed by atoms with van der Waals surface area (Å²) in [6.45, 7) is 3.23. The van der Waals surface area contributed by atoms with Gasteiger partial charge >= 0.3 is 0 Å². The van der Waals surface area contributed by atoms with Crippen LogP contribution in [0.2, 0.25) is 0 Å². The first-order valence-corrected chi connectivity index (χ1v) is 6.44. The van der Waals surface area contributed by atoms with Crippen molar-refractivity contribution in [3.05, 3.63) is 11.9 Å². The van der Waals surface area contributed by atoms with Gasteiger partial charge in [0.25, 0.3) is 0 Å². The lowest BCUT2D eigenvalue weighted by Gasteiger charge is -1.98. The minimum absolute atomic E-state index is 0.960. The maximum Gasteiger partial charge on any atom is 0.0835 e. The average molecular weight is 260 g/mol. The Morgan fingerprint density at radius 1 is 1.36 bits per heavy atom. The Hall–Kier alpha value is -0.380. The first-order chi connectivity index (χ1) is 6.86. The number of aryl methyl sites for hydroxylation is 2. The van der Waals surface area contributed by atoms with E-state index in [1.165, 1.54) is 25.7 Å². The van der Waals surface area contributed by atoms with Crippen molar-refractivity contribution < 1.29 is 0 Å². The number of aromatic nitrogens is 3. The molecule has 0 saturated heterocycles. The average Bonchev–Trinajstić information content (AvgIpc) is 2.61. The molecule has 0 amide bonds. The fourth-order valence-corrected chi connectivity index (χ4v) is 1.77. The van der Waals surface area contributed by atoms with Crippen LogP contribution in [0.15, 0.2) is 6.20 Å². The summed E-state index contributed by atoms with van der Waals surface area (Å²) in [7, 11) is 0. The van der Waals surface area contributed by atoms with Crippen LogP contribution in [0.5, 0.6) is 0 Å². The third-order valence-corrected chi connectivity index (χ3v) is 2.57. The van der Waals surface area contributed by atoms with Gasteiger partial charge in [-0.2, -0.15) is 0 Å². The van der Waals surface area contributed by atoms with E-state index in [1.807, 2.05) is 10.9 Å². The van der Waals surface area contributed by atoms with Crippen LogP contribution in [0.4, 0.5) is 0 Å². The molecule has 0 aromatic carbocycles. The van der Waals surface area contributed by atoms with Gasteiger partial charge in [-0.25, -0.2) is 0 Å². The number of halogens is 1. The highest BCUT2D eigenvalue weighted by atomic mass is 79.9. The van der Waals surface area contributed by atoms with E-state index in [-0.39, 0.29) is 0 Å². The molecule has 1 aromatic rings.